The monoisotopic (exact) mass is 198 g/mol. The summed E-state index contributed by atoms with van der Waals surface area (Å²) in [5.74, 6) is -0.0540. The molecule has 0 aliphatic carbocycles. The number of aromatic nitrogens is 2. The summed E-state index contributed by atoms with van der Waals surface area (Å²) in [6.07, 6.45) is 0.878. The molecule has 2 N–H and O–H groups in total. The van der Waals surface area contributed by atoms with Crippen LogP contribution in [0.15, 0.2) is 5.38 Å². The minimum atomic E-state index is -0.0540. The Labute approximate surface area is 79.7 Å². The normalized spacial score (nSPS) is 22.2. The predicted octanol–water partition coefficient (Wildman–Crippen LogP) is -0.289. The number of carbonyl (C=O) groups excluding carboxylic acids is 1. The second-order valence-corrected chi connectivity index (χ2v) is 3.70. The fourth-order valence-corrected chi connectivity index (χ4v) is 1.82. The van der Waals surface area contributed by atoms with Crippen LogP contribution in [0.4, 0.5) is 0 Å². The smallest absolute Gasteiger partial charge is 0.275 e. The maximum absolute atomic E-state index is 11.6. The van der Waals surface area contributed by atoms with E-state index in [0.29, 0.717) is 12.2 Å². The van der Waals surface area contributed by atoms with Gasteiger partial charge in [0.25, 0.3) is 5.91 Å². The van der Waals surface area contributed by atoms with E-state index >= 15 is 0 Å². The molecular formula is C7H10N4OS. The number of rotatable bonds is 1. The van der Waals surface area contributed by atoms with Crippen LogP contribution >= 0.6 is 11.5 Å². The Morgan fingerprint density at radius 1 is 1.77 bits per heavy atom. The zero-order chi connectivity index (χ0) is 9.26. The number of likely N-dealkylation sites (tertiary alicyclic amines) is 1. The van der Waals surface area contributed by atoms with Gasteiger partial charge in [0, 0.05) is 24.5 Å². The molecule has 5 nitrogen and oxygen atoms in total. The summed E-state index contributed by atoms with van der Waals surface area (Å²) in [5.41, 5.74) is 6.12. The molecule has 0 radical (unpaired) electrons. The largest absolute Gasteiger partial charge is 0.336 e. The van der Waals surface area contributed by atoms with Crippen molar-refractivity contribution in [3.05, 3.63) is 11.1 Å². The van der Waals surface area contributed by atoms with Crippen molar-refractivity contribution < 1.29 is 4.79 Å². The molecule has 0 spiro atoms. The lowest BCUT2D eigenvalue weighted by molar-refractivity contribution is 0.0785. The fourth-order valence-electron chi connectivity index (χ4n) is 1.39. The van der Waals surface area contributed by atoms with Crippen LogP contribution in [-0.4, -0.2) is 39.5 Å². The van der Waals surface area contributed by atoms with Gasteiger partial charge in [-0.15, -0.1) is 5.10 Å². The van der Waals surface area contributed by atoms with Crippen molar-refractivity contribution in [1.29, 1.82) is 0 Å². The van der Waals surface area contributed by atoms with E-state index in [-0.39, 0.29) is 11.9 Å². The third-order valence-electron chi connectivity index (χ3n) is 2.09. The Morgan fingerprint density at radius 3 is 3.15 bits per heavy atom. The minimum absolute atomic E-state index is 0.0540. The van der Waals surface area contributed by atoms with Gasteiger partial charge in [-0.25, -0.2) is 0 Å². The van der Waals surface area contributed by atoms with E-state index in [1.54, 1.807) is 10.3 Å². The third kappa shape index (κ3) is 1.68. The van der Waals surface area contributed by atoms with E-state index in [0.717, 1.165) is 13.0 Å². The van der Waals surface area contributed by atoms with Crippen LogP contribution in [0.5, 0.6) is 0 Å². The highest BCUT2D eigenvalue weighted by Crippen LogP contribution is 2.11. The molecule has 0 bridgehead atoms. The van der Waals surface area contributed by atoms with Crippen LogP contribution in [-0.2, 0) is 0 Å². The van der Waals surface area contributed by atoms with Gasteiger partial charge in [-0.3, -0.25) is 4.79 Å². The highest BCUT2D eigenvalue weighted by Gasteiger charge is 2.25. The average molecular weight is 198 g/mol. The van der Waals surface area contributed by atoms with Crippen molar-refractivity contribution in [3.8, 4) is 0 Å². The van der Waals surface area contributed by atoms with E-state index in [2.05, 4.69) is 9.59 Å². The zero-order valence-corrected chi connectivity index (χ0v) is 7.83. The average Bonchev–Trinajstić information content (AvgIpc) is 2.72. The molecule has 1 aromatic heterocycles. The van der Waals surface area contributed by atoms with E-state index in [1.807, 2.05) is 0 Å². The molecule has 1 saturated heterocycles. The van der Waals surface area contributed by atoms with E-state index < -0.39 is 0 Å². The van der Waals surface area contributed by atoms with Gasteiger partial charge in [0.05, 0.1) is 0 Å². The molecular weight excluding hydrogens is 188 g/mol. The Bertz CT molecular complexity index is 299. The first-order valence-corrected chi connectivity index (χ1v) is 4.93. The van der Waals surface area contributed by atoms with Gasteiger partial charge in [0.2, 0.25) is 0 Å². The first-order valence-electron chi connectivity index (χ1n) is 4.09. The number of hydrogen-bond acceptors (Lipinski definition) is 5. The number of nitrogens with zero attached hydrogens (tertiary/aromatic N) is 3. The zero-order valence-electron chi connectivity index (χ0n) is 7.01. The van der Waals surface area contributed by atoms with Crippen LogP contribution in [0.3, 0.4) is 0 Å². The van der Waals surface area contributed by atoms with Crippen molar-refractivity contribution in [1.82, 2.24) is 14.5 Å². The lowest BCUT2D eigenvalue weighted by Crippen LogP contribution is -2.32. The van der Waals surface area contributed by atoms with E-state index in [9.17, 15) is 4.79 Å². The fraction of sp³-hybridized carbons (Fsp3) is 0.571. The molecule has 1 atom stereocenters. The number of nitrogens with two attached hydrogens (primary N) is 1. The van der Waals surface area contributed by atoms with Gasteiger partial charge in [-0.2, -0.15) is 0 Å². The highest BCUT2D eigenvalue weighted by atomic mass is 32.1. The first kappa shape index (κ1) is 8.58. The Morgan fingerprint density at radius 2 is 2.62 bits per heavy atom. The van der Waals surface area contributed by atoms with Crippen molar-refractivity contribution in [2.45, 2.75) is 12.5 Å². The second kappa shape index (κ2) is 3.39. The standard InChI is InChI=1S/C7H10N4OS/c8-5-1-2-11(3-5)7(12)6-4-13-10-9-6/h4-5H,1-3,8H2/t5-/m0/s1. The summed E-state index contributed by atoms with van der Waals surface area (Å²) < 4.78 is 3.65. The molecule has 0 saturated carbocycles. The summed E-state index contributed by atoms with van der Waals surface area (Å²) in [4.78, 5) is 13.4. The second-order valence-electron chi connectivity index (χ2n) is 3.09. The minimum Gasteiger partial charge on any atom is -0.336 e. The lowest BCUT2D eigenvalue weighted by atomic mass is 10.3. The topological polar surface area (TPSA) is 72.1 Å². The molecule has 0 aromatic carbocycles. The number of amides is 1. The van der Waals surface area contributed by atoms with E-state index in [4.69, 9.17) is 5.73 Å². The van der Waals surface area contributed by atoms with Gasteiger partial charge in [0.1, 0.15) is 0 Å². The maximum atomic E-state index is 11.6. The van der Waals surface area contributed by atoms with Crippen LogP contribution in [0.25, 0.3) is 0 Å². The van der Waals surface area contributed by atoms with Crippen molar-refractivity contribution in [3.63, 3.8) is 0 Å². The van der Waals surface area contributed by atoms with Crippen molar-refractivity contribution in [2.24, 2.45) is 5.73 Å². The molecule has 70 valence electrons. The van der Waals surface area contributed by atoms with Gasteiger partial charge in [-0.05, 0) is 18.0 Å². The van der Waals surface area contributed by atoms with Gasteiger partial charge < -0.3 is 10.6 Å². The van der Waals surface area contributed by atoms with Crippen LogP contribution in [0, 0.1) is 0 Å². The molecule has 0 unspecified atom stereocenters. The van der Waals surface area contributed by atoms with E-state index in [1.165, 1.54) is 11.5 Å². The molecule has 6 heteroatoms. The van der Waals surface area contributed by atoms with Crippen molar-refractivity contribution in [2.75, 3.05) is 13.1 Å². The predicted molar refractivity (Wildman–Crippen MR) is 48.4 cm³/mol. The lowest BCUT2D eigenvalue weighted by Gasteiger charge is -2.13. The summed E-state index contributed by atoms with van der Waals surface area (Å²) in [6.45, 7) is 1.37. The summed E-state index contributed by atoms with van der Waals surface area (Å²) in [5, 5.41) is 5.38. The van der Waals surface area contributed by atoms with Crippen LogP contribution in [0.1, 0.15) is 16.9 Å². The van der Waals surface area contributed by atoms with Crippen LogP contribution in [0.2, 0.25) is 0 Å². The molecule has 2 heterocycles. The molecule has 1 amide bonds. The maximum Gasteiger partial charge on any atom is 0.275 e. The highest BCUT2D eigenvalue weighted by molar-refractivity contribution is 7.03. The third-order valence-corrected chi connectivity index (χ3v) is 2.60. The number of carbonyl (C=O) groups is 1. The molecule has 1 aromatic rings. The molecule has 1 aliphatic rings. The summed E-state index contributed by atoms with van der Waals surface area (Å²) in [6, 6.07) is 0.121. The molecule has 2 rings (SSSR count). The summed E-state index contributed by atoms with van der Waals surface area (Å²) in [7, 11) is 0. The quantitative estimate of drug-likeness (QED) is 0.673. The van der Waals surface area contributed by atoms with Crippen molar-refractivity contribution >= 4 is 17.4 Å². The molecule has 1 aliphatic heterocycles. The van der Waals surface area contributed by atoms with Crippen LogP contribution < -0.4 is 5.73 Å². The summed E-state index contributed by atoms with van der Waals surface area (Å²) >= 11 is 1.19. The Hall–Kier alpha value is -1.01. The number of hydrogen-bond donors (Lipinski definition) is 1. The first-order chi connectivity index (χ1) is 6.27. The van der Waals surface area contributed by atoms with Gasteiger partial charge >= 0.3 is 0 Å². The Balaban J connectivity index is 2.06. The van der Waals surface area contributed by atoms with Gasteiger partial charge in [0.15, 0.2) is 5.69 Å². The SMILES string of the molecule is N[C@H]1CCN(C(=O)c2csnn2)C1. The van der Waals surface area contributed by atoms with Gasteiger partial charge in [-0.1, -0.05) is 4.49 Å². The molecule has 13 heavy (non-hydrogen) atoms. The Kier molecular flexibility index (Phi) is 2.24. The molecule has 1 fully saturated rings.